The van der Waals surface area contributed by atoms with Crippen molar-refractivity contribution in [2.45, 2.75) is 51.0 Å². The standard InChI is InChI=1S/C13H22N2O3/c1-13(2,3)18-12(16)15-5-7-8(6-15)11-9(14)4-10(7)17-11/h7-11H,4-6,14H2,1-3H3. The first-order valence-corrected chi connectivity index (χ1v) is 6.74. The minimum atomic E-state index is -0.430. The number of amides is 1. The van der Waals surface area contributed by atoms with Crippen molar-refractivity contribution in [2.24, 2.45) is 17.6 Å². The molecule has 0 aliphatic carbocycles. The van der Waals surface area contributed by atoms with Crippen LogP contribution in [0.4, 0.5) is 4.79 Å². The molecule has 5 unspecified atom stereocenters. The molecule has 3 aliphatic rings. The first-order chi connectivity index (χ1) is 8.35. The molecule has 1 amide bonds. The lowest BCUT2D eigenvalue weighted by Gasteiger charge is -2.25. The molecule has 0 spiro atoms. The SMILES string of the molecule is CC(C)(C)OC(=O)N1CC2C3CC(N)C(O3)C2C1. The lowest BCUT2D eigenvalue weighted by Crippen LogP contribution is -2.41. The third-order valence-corrected chi connectivity index (χ3v) is 4.22. The van der Waals surface area contributed by atoms with Gasteiger partial charge in [0.15, 0.2) is 0 Å². The van der Waals surface area contributed by atoms with Crippen molar-refractivity contribution in [3.63, 3.8) is 0 Å². The van der Waals surface area contributed by atoms with E-state index in [-0.39, 0.29) is 24.3 Å². The summed E-state index contributed by atoms with van der Waals surface area (Å²) in [5.41, 5.74) is 5.61. The summed E-state index contributed by atoms with van der Waals surface area (Å²) in [6.07, 6.45) is 1.13. The summed E-state index contributed by atoms with van der Waals surface area (Å²) < 4.78 is 11.3. The van der Waals surface area contributed by atoms with Gasteiger partial charge in [-0.15, -0.1) is 0 Å². The second-order valence-corrected chi connectivity index (χ2v) is 6.75. The van der Waals surface area contributed by atoms with Gasteiger partial charge in [-0.1, -0.05) is 0 Å². The molecule has 3 heterocycles. The van der Waals surface area contributed by atoms with Gasteiger partial charge in [-0.05, 0) is 27.2 Å². The Labute approximate surface area is 108 Å². The fourth-order valence-electron chi connectivity index (χ4n) is 3.53. The molecular weight excluding hydrogens is 232 g/mol. The highest BCUT2D eigenvalue weighted by Crippen LogP contribution is 2.46. The molecular formula is C13H22N2O3. The van der Waals surface area contributed by atoms with Gasteiger partial charge in [0.1, 0.15) is 5.60 Å². The van der Waals surface area contributed by atoms with E-state index >= 15 is 0 Å². The number of carbonyl (C=O) groups is 1. The maximum absolute atomic E-state index is 12.0. The van der Waals surface area contributed by atoms with Gasteiger partial charge < -0.3 is 20.1 Å². The Morgan fingerprint density at radius 1 is 1.33 bits per heavy atom. The number of fused-ring (bicyclic) bond motifs is 5. The predicted octanol–water partition coefficient (Wildman–Crippen LogP) is 0.968. The summed E-state index contributed by atoms with van der Waals surface area (Å²) in [5, 5.41) is 0. The molecule has 3 rings (SSSR count). The van der Waals surface area contributed by atoms with E-state index in [1.807, 2.05) is 25.7 Å². The molecule has 5 nitrogen and oxygen atoms in total. The van der Waals surface area contributed by atoms with Gasteiger partial charge in [0, 0.05) is 31.0 Å². The maximum Gasteiger partial charge on any atom is 0.410 e. The molecule has 18 heavy (non-hydrogen) atoms. The van der Waals surface area contributed by atoms with Crippen LogP contribution < -0.4 is 5.73 Å². The second-order valence-electron chi connectivity index (χ2n) is 6.75. The van der Waals surface area contributed by atoms with Crippen molar-refractivity contribution in [1.29, 1.82) is 0 Å². The largest absolute Gasteiger partial charge is 0.444 e. The molecule has 0 saturated carbocycles. The van der Waals surface area contributed by atoms with E-state index in [0.717, 1.165) is 19.5 Å². The van der Waals surface area contributed by atoms with E-state index in [1.54, 1.807) is 0 Å². The Hall–Kier alpha value is -0.810. The Balaban J connectivity index is 1.65. The molecule has 0 radical (unpaired) electrons. The van der Waals surface area contributed by atoms with E-state index in [9.17, 15) is 4.79 Å². The molecule has 0 aromatic carbocycles. The van der Waals surface area contributed by atoms with Crippen LogP contribution in [0.5, 0.6) is 0 Å². The van der Waals surface area contributed by atoms with Gasteiger partial charge in [0.05, 0.1) is 12.2 Å². The summed E-state index contributed by atoms with van der Waals surface area (Å²) in [6, 6.07) is 0.148. The number of carbonyl (C=O) groups excluding carboxylic acids is 1. The fourth-order valence-corrected chi connectivity index (χ4v) is 3.53. The third kappa shape index (κ3) is 1.89. The number of nitrogens with two attached hydrogens (primary N) is 1. The summed E-state index contributed by atoms with van der Waals surface area (Å²) in [5.74, 6) is 0.869. The van der Waals surface area contributed by atoms with Gasteiger partial charge in [-0.2, -0.15) is 0 Å². The van der Waals surface area contributed by atoms with Gasteiger partial charge in [0.25, 0.3) is 0 Å². The summed E-state index contributed by atoms with van der Waals surface area (Å²) in [6.45, 7) is 7.17. The smallest absolute Gasteiger partial charge is 0.410 e. The normalized spacial score (nSPS) is 42.2. The number of likely N-dealkylation sites (tertiary alicyclic amines) is 1. The van der Waals surface area contributed by atoms with Gasteiger partial charge in [-0.3, -0.25) is 0 Å². The van der Waals surface area contributed by atoms with Crippen LogP contribution in [0, 0.1) is 11.8 Å². The zero-order chi connectivity index (χ0) is 13.1. The molecule has 3 saturated heterocycles. The highest BCUT2D eigenvalue weighted by atomic mass is 16.6. The quantitative estimate of drug-likeness (QED) is 0.699. The number of nitrogens with zero attached hydrogens (tertiary/aromatic N) is 1. The van der Waals surface area contributed by atoms with Crippen LogP contribution in [0.25, 0.3) is 0 Å². The zero-order valence-electron chi connectivity index (χ0n) is 11.3. The predicted molar refractivity (Wildman–Crippen MR) is 66.0 cm³/mol. The highest BCUT2D eigenvalue weighted by Gasteiger charge is 2.57. The lowest BCUT2D eigenvalue weighted by atomic mass is 9.79. The van der Waals surface area contributed by atoms with Crippen LogP contribution >= 0.6 is 0 Å². The van der Waals surface area contributed by atoms with Crippen molar-refractivity contribution in [3.8, 4) is 0 Å². The minimum Gasteiger partial charge on any atom is -0.444 e. The minimum absolute atomic E-state index is 0.146. The monoisotopic (exact) mass is 254 g/mol. The summed E-state index contributed by atoms with van der Waals surface area (Å²) >= 11 is 0. The topological polar surface area (TPSA) is 64.8 Å². The van der Waals surface area contributed by atoms with Crippen LogP contribution in [-0.4, -0.2) is 47.9 Å². The molecule has 2 bridgehead atoms. The van der Waals surface area contributed by atoms with Crippen molar-refractivity contribution in [2.75, 3.05) is 13.1 Å². The van der Waals surface area contributed by atoms with Crippen molar-refractivity contribution in [1.82, 2.24) is 4.90 Å². The van der Waals surface area contributed by atoms with E-state index in [0.29, 0.717) is 11.8 Å². The number of hydrogen-bond donors (Lipinski definition) is 1. The number of rotatable bonds is 0. The Kier molecular flexibility index (Phi) is 2.61. The van der Waals surface area contributed by atoms with E-state index in [2.05, 4.69) is 0 Å². The average molecular weight is 254 g/mol. The van der Waals surface area contributed by atoms with Crippen LogP contribution in [0.3, 0.4) is 0 Å². The molecule has 102 valence electrons. The van der Waals surface area contributed by atoms with Gasteiger partial charge >= 0.3 is 6.09 Å². The van der Waals surface area contributed by atoms with Gasteiger partial charge in [0.2, 0.25) is 0 Å². The lowest BCUT2D eigenvalue weighted by molar-refractivity contribution is 0.0202. The van der Waals surface area contributed by atoms with Crippen LogP contribution in [0.2, 0.25) is 0 Å². The Morgan fingerprint density at radius 2 is 2.00 bits per heavy atom. The summed E-state index contributed by atoms with van der Waals surface area (Å²) in [7, 11) is 0. The Bertz CT molecular complexity index is 366. The molecule has 0 aromatic rings. The maximum atomic E-state index is 12.0. The first-order valence-electron chi connectivity index (χ1n) is 6.74. The molecule has 5 atom stereocenters. The van der Waals surface area contributed by atoms with Gasteiger partial charge in [-0.25, -0.2) is 4.79 Å². The molecule has 3 aliphatic heterocycles. The van der Waals surface area contributed by atoms with Crippen LogP contribution in [0.1, 0.15) is 27.2 Å². The second kappa shape index (κ2) is 3.84. The van der Waals surface area contributed by atoms with Crippen molar-refractivity contribution in [3.05, 3.63) is 0 Å². The third-order valence-electron chi connectivity index (χ3n) is 4.22. The zero-order valence-corrected chi connectivity index (χ0v) is 11.3. The molecule has 5 heteroatoms. The van der Waals surface area contributed by atoms with E-state index < -0.39 is 5.60 Å². The molecule has 3 fully saturated rings. The molecule has 2 N–H and O–H groups in total. The number of ether oxygens (including phenoxy) is 2. The number of hydrogen-bond acceptors (Lipinski definition) is 4. The summed E-state index contributed by atoms with van der Waals surface area (Å²) in [4.78, 5) is 13.9. The van der Waals surface area contributed by atoms with E-state index in [1.165, 1.54) is 0 Å². The van der Waals surface area contributed by atoms with Crippen molar-refractivity contribution < 1.29 is 14.3 Å². The Morgan fingerprint density at radius 3 is 2.67 bits per heavy atom. The average Bonchev–Trinajstić information content (AvgIpc) is 2.82. The highest BCUT2D eigenvalue weighted by molar-refractivity contribution is 5.68. The van der Waals surface area contributed by atoms with Crippen LogP contribution in [0.15, 0.2) is 0 Å². The van der Waals surface area contributed by atoms with Crippen molar-refractivity contribution >= 4 is 6.09 Å². The first kappa shape index (κ1) is 12.2. The van der Waals surface area contributed by atoms with E-state index in [4.69, 9.17) is 15.2 Å². The molecule has 0 aromatic heterocycles. The van der Waals surface area contributed by atoms with Crippen LogP contribution in [-0.2, 0) is 9.47 Å². The fraction of sp³-hybridized carbons (Fsp3) is 0.923.